The van der Waals surface area contributed by atoms with Gasteiger partial charge in [0.15, 0.2) is 5.79 Å². The second kappa shape index (κ2) is 2.90. The second-order valence-corrected chi connectivity index (χ2v) is 4.06. The Bertz CT molecular complexity index is 189. The Labute approximate surface area is 76.9 Å². The van der Waals surface area contributed by atoms with E-state index in [4.69, 9.17) is 19.7 Å². The summed E-state index contributed by atoms with van der Waals surface area (Å²) in [6.45, 7) is 3.90. The fourth-order valence-corrected chi connectivity index (χ4v) is 1.17. The van der Waals surface area contributed by atoms with E-state index in [0.29, 0.717) is 0 Å². The molecule has 0 aliphatic carbocycles. The first-order chi connectivity index (χ1) is 5.79. The van der Waals surface area contributed by atoms with Gasteiger partial charge in [0.1, 0.15) is 0 Å². The number of aliphatic hydroxyl groups is 3. The van der Waals surface area contributed by atoms with Gasteiger partial charge in [0.25, 0.3) is 5.97 Å². The summed E-state index contributed by atoms with van der Waals surface area (Å²) in [5.41, 5.74) is -1.21. The smallest absolute Gasteiger partial charge is 0.295 e. The average Bonchev–Trinajstić information content (AvgIpc) is 1.99. The summed E-state index contributed by atoms with van der Waals surface area (Å²) in [6, 6.07) is 0. The zero-order valence-electron chi connectivity index (χ0n) is 8.07. The SMILES string of the molecule is CC1(C)OC(O)(C(C)(CO)CO)O1. The van der Waals surface area contributed by atoms with Crippen LogP contribution in [0.3, 0.4) is 0 Å². The van der Waals surface area contributed by atoms with Gasteiger partial charge in [-0.2, -0.15) is 0 Å². The van der Waals surface area contributed by atoms with Crippen LogP contribution in [0.15, 0.2) is 0 Å². The van der Waals surface area contributed by atoms with Gasteiger partial charge in [-0.05, 0) is 20.8 Å². The van der Waals surface area contributed by atoms with Crippen molar-refractivity contribution >= 4 is 0 Å². The van der Waals surface area contributed by atoms with Gasteiger partial charge in [0.05, 0.1) is 18.6 Å². The van der Waals surface area contributed by atoms with Crippen LogP contribution in [-0.2, 0) is 9.47 Å². The predicted octanol–water partition coefficient (Wildman–Crippen LogP) is -0.594. The Hall–Kier alpha value is -0.200. The van der Waals surface area contributed by atoms with Crippen molar-refractivity contribution in [3.8, 4) is 0 Å². The van der Waals surface area contributed by atoms with Gasteiger partial charge >= 0.3 is 0 Å². The molecule has 5 nitrogen and oxygen atoms in total. The minimum Gasteiger partial charge on any atom is -0.395 e. The van der Waals surface area contributed by atoms with Crippen molar-refractivity contribution in [3.63, 3.8) is 0 Å². The van der Waals surface area contributed by atoms with E-state index in [0.717, 1.165) is 0 Å². The van der Waals surface area contributed by atoms with Crippen molar-refractivity contribution in [3.05, 3.63) is 0 Å². The third-order valence-electron chi connectivity index (χ3n) is 2.23. The molecule has 78 valence electrons. The summed E-state index contributed by atoms with van der Waals surface area (Å²) in [5, 5.41) is 27.7. The molecule has 0 bridgehead atoms. The molecule has 0 aromatic heterocycles. The van der Waals surface area contributed by atoms with Crippen molar-refractivity contribution in [2.45, 2.75) is 32.5 Å². The van der Waals surface area contributed by atoms with Gasteiger partial charge in [-0.25, -0.2) is 0 Å². The molecule has 0 aromatic carbocycles. The van der Waals surface area contributed by atoms with Crippen LogP contribution in [0.1, 0.15) is 20.8 Å². The largest absolute Gasteiger partial charge is 0.395 e. The molecular formula is C8H16O5. The van der Waals surface area contributed by atoms with Gasteiger partial charge < -0.3 is 15.3 Å². The van der Waals surface area contributed by atoms with Crippen molar-refractivity contribution < 1.29 is 24.8 Å². The Morgan fingerprint density at radius 1 is 1.15 bits per heavy atom. The molecule has 0 saturated carbocycles. The molecule has 1 rings (SSSR count). The lowest BCUT2D eigenvalue weighted by atomic mass is 9.88. The summed E-state index contributed by atoms with van der Waals surface area (Å²) < 4.78 is 10.1. The molecule has 1 heterocycles. The number of rotatable bonds is 3. The normalized spacial score (nSPS) is 25.4. The monoisotopic (exact) mass is 192 g/mol. The molecule has 0 radical (unpaired) electrons. The summed E-state index contributed by atoms with van der Waals surface area (Å²) in [7, 11) is 0. The summed E-state index contributed by atoms with van der Waals surface area (Å²) in [6.07, 6.45) is 0. The highest BCUT2D eigenvalue weighted by molar-refractivity contribution is 4.89. The minimum atomic E-state index is -1.89. The molecule has 0 aromatic rings. The van der Waals surface area contributed by atoms with Crippen LogP contribution in [0, 0.1) is 5.41 Å². The van der Waals surface area contributed by atoms with Crippen LogP contribution in [0.5, 0.6) is 0 Å². The van der Waals surface area contributed by atoms with E-state index in [1.807, 2.05) is 0 Å². The van der Waals surface area contributed by atoms with E-state index < -0.39 is 30.4 Å². The fraction of sp³-hybridized carbons (Fsp3) is 1.00. The van der Waals surface area contributed by atoms with Crippen LogP contribution in [0.2, 0.25) is 0 Å². The van der Waals surface area contributed by atoms with Gasteiger partial charge in [-0.1, -0.05) is 0 Å². The minimum absolute atomic E-state index is 0.421. The van der Waals surface area contributed by atoms with Gasteiger partial charge in [-0.3, -0.25) is 9.47 Å². The highest BCUT2D eigenvalue weighted by Gasteiger charge is 2.62. The maximum absolute atomic E-state index is 9.70. The molecule has 3 N–H and O–H groups in total. The lowest BCUT2D eigenvalue weighted by Crippen LogP contribution is -2.69. The maximum Gasteiger partial charge on any atom is 0.295 e. The lowest BCUT2D eigenvalue weighted by Gasteiger charge is -2.55. The average molecular weight is 192 g/mol. The van der Waals surface area contributed by atoms with Crippen LogP contribution >= 0.6 is 0 Å². The van der Waals surface area contributed by atoms with E-state index in [-0.39, 0.29) is 0 Å². The summed E-state index contributed by atoms with van der Waals surface area (Å²) >= 11 is 0. The quantitative estimate of drug-likeness (QED) is 0.557. The molecule has 0 unspecified atom stereocenters. The number of ether oxygens (including phenoxy) is 2. The first-order valence-corrected chi connectivity index (χ1v) is 4.13. The lowest BCUT2D eigenvalue weighted by molar-refractivity contribution is -0.600. The third-order valence-corrected chi connectivity index (χ3v) is 2.23. The zero-order valence-corrected chi connectivity index (χ0v) is 8.07. The molecule has 1 aliphatic heterocycles. The van der Waals surface area contributed by atoms with Crippen molar-refractivity contribution in [1.29, 1.82) is 0 Å². The van der Waals surface area contributed by atoms with Crippen LogP contribution in [0.25, 0.3) is 0 Å². The van der Waals surface area contributed by atoms with Gasteiger partial charge in [-0.15, -0.1) is 0 Å². The first-order valence-electron chi connectivity index (χ1n) is 4.13. The van der Waals surface area contributed by atoms with E-state index in [9.17, 15) is 5.11 Å². The second-order valence-electron chi connectivity index (χ2n) is 4.06. The van der Waals surface area contributed by atoms with Crippen molar-refractivity contribution in [1.82, 2.24) is 0 Å². The van der Waals surface area contributed by atoms with Crippen LogP contribution in [-0.4, -0.2) is 40.3 Å². The van der Waals surface area contributed by atoms with E-state index >= 15 is 0 Å². The predicted molar refractivity (Wildman–Crippen MR) is 43.5 cm³/mol. The van der Waals surface area contributed by atoms with Gasteiger partial charge in [0, 0.05) is 0 Å². The Balaban J connectivity index is 2.72. The van der Waals surface area contributed by atoms with Crippen molar-refractivity contribution in [2.75, 3.05) is 13.2 Å². The molecule has 0 amide bonds. The highest BCUT2D eigenvalue weighted by Crippen LogP contribution is 2.46. The summed E-state index contributed by atoms with van der Waals surface area (Å²) in [4.78, 5) is 0. The topological polar surface area (TPSA) is 79.2 Å². The van der Waals surface area contributed by atoms with Crippen LogP contribution in [0.4, 0.5) is 0 Å². The first kappa shape index (κ1) is 10.9. The molecule has 1 saturated heterocycles. The molecule has 0 spiro atoms. The van der Waals surface area contributed by atoms with E-state index in [2.05, 4.69) is 0 Å². The number of aliphatic hydroxyl groups excluding tert-OH is 2. The van der Waals surface area contributed by atoms with Gasteiger partial charge in [0.2, 0.25) is 0 Å². The Morgan fingerprint density at radius 3 is 1.77 bits per heavy atom. The van der Waals surface area contributed by atoms with Crippen molar-refractivity contribution in [2.24, 2.45) is 5.41 Å². The zero-order chi connectivity index (χ0) is 10.3. The maximum atomic E-state index is 9.70. The number of hydrogen-bond acceptors (Lipinski definition) is 5. The molecular weight excluding hydrogens is 176 g/mol. The molecule has 1 aliphatic rings. The highest BCUT2D eigenvalue weighted by atomic mass is 17.0. The summed E-state index contributed by atoms with van der Waals surface area (Å²) in [5.74, 6) is -2.75. The Kier molecular flexibility index (Phi) is 2.42. The standard InChI is InChI=1S/C8H16O5/c1-6(2)12-8(11,13-6)7(3,4-9)5-10/h9-11H,4-5H2,1-3H3. The molecule has 0 atom stereocenters. The molecule has 5 heteroatoms. The number of hydrogen-bond donors (Lipinski definition) is 3. The van der Waals surface area contributed by atoms with E-state index in [1.54, 1.807) is 13.8 Å². The third kappa shape index (κ3) is 1.58. The Morgan fingerprint density at radius 2 is 1.54 bits per heavy atom. The fourth-order valence-electron chi connectivity index (χ4n) is 1.17. The van der Waals surface area contributed by atoms with E-state index in [1.165, 1.54) is 6.92 Å². The molecule has 13 heavy (non-hydrogen) atoms. The van der Waals surface area contributed by atoms with Crippen LogP contribution < -0.4 is 0 Å². The molecule has 1 fully saturated rings.